The van der Waals surface area contributed by atoms with Gasteiger partial charge in [-0.05, 0) is 49.2 Å². The Morgan fingerprint density at radius 3 is 2.69 bits per heavy atom. The van der Waals surface area contributed by atoms with Gasteiger partial charge in [0.15, 0.2) is 0 Å². The van der Waals surface area contributed by atoms with Crippen LogP contribution in [-0.4, -0.2) is 37.0 Å². The summed E-state index contributed by atoms with van der Waals surface area (Å²) < 4.78 is 0. The second-order valence-corrected chi connectivity index (χ2v) is 6.71. The zero-order chi connectivity index (χ0) is 17.6. The van der Waals surface area contributed by atoms with Gasteiger partial charge in [-0.1, -0.05) is 30.3 Å². The third-order valence-corrected chi connectivity index (χ3v) is 4.64. The topological polar surface area (TPSA) is 70.2 Å². The molecule has 2 aromatic rings. The minimum absolute atomic E-state index is 0. The van der Waals surface area contributed by atoms with Crippen LogP contribution in [0.25, 0.3) is 10.8 Å². The van der Waals surface area contributed by atoms with E-state index in [0.717, 1.165) is 30.2 Å². The highest BCUT2D eigenvalue weighted by Crippen LogP contribution is 2.15. The van der Waals surface area contributed by atoms with Crippen LogP contribution >= 0.6 is 12.4 Å². The number of fused-ring (bicyclic) bond motifs is 1. The first-order chi connectivity index (χ1) is 12.1. The molecule has 0 radical (unpaired) electrons. The third-order valence-electron chi connectivity index (χ3n) is 4.64. The number of carbonyl (C=O) groups is 2. The fourth-order valence-corrected chi connectivity index (χ4v) is 3.29. The second kappa shape index (κ2) is 9.55. The summed E-state index contributed by atoms with van der Waals surface area (Å²) in [7, 11) is 0. The summed E-state index contributed by atoms with van der Waals surface area (Å²) in [5.74, 6) is -0.146. The van der Waals surface area contributed by atoms with Gasteiger partial charge < -0.3 is 16.0 Å². The molecule has 0 bridgehead atoms. The molecule has 0 aliphatic carbocycles. The molecule has 3 rings (SSSR count). The number of carbonyl (C=O) groups excluding carboxylic acids is 2. The fraction of sp³-hybridized carbons (Fsp3) is 0.400. The van der Waals surface area contributed by atoms with E-state index in [4.69, 9.17) is 0 Å². The molecule has 5 nitrogen and oxygen atoms in total. The van der Waals surface area contributed by atoms with Crippen molar-refractivity contribution in [3.05, 3.63) is 48.0 Å². The first-order valence-corrected chi connectivity index (χ1v) is 8.91. The van der Waals surface area contributed by atoms with Crippen molar-refractivity contribution >= 4 is 35.0 Å². The highest BCUT2D eigenvalue weighted by molar-refractivity contribution is 5.98. The molecule has 0 saturated carbocycles. The average Bonchev–Trinajstić information content (AvgIpc) is 2.61. The molecule has 1 aliphatic rings. The molecule has 2 atom stereocenters. The largest absolute Gasteiger partial charge is 0.353 e. The van der Waals surface area contributed by atoms with Crippen molar-refractivity contribution < 1.29 is 9.59 Å². The number of hydrogen-bond donors (Lipinski definition) is 3. The minimum Gasteiger partial charge on any atom is -0.353 e. The Bertz CT molecular complexity index is 766. The standard InChI is InChI=1S/C20H25N3O2.ClH/c1-14-12-18(8-10-21-14)23-19(24)9-11-22-20(25)17-7-6-15-4-2-3-5-16(15)13-17;/h2-7,13-14,18,21H,8-12H2,1H3,(H,22,25)(H,23,24);1H. The summed E-state index contributed by atoms with van der Waals surface area (Å²) in [5, 5.41) is 11.4. The molecule has 0 spiro atoms. The van der Waals surface area contributed by atoms with Crippen molar-refractivity contribution in [2.24, 2.45) is 0 Å². The van der Waals surface area contributed by atoms with Crippen LogP contribution in [0.15, 0.2) is 42.5 Å². The number of benzene rings is 2. The smallest absolute Gasteiger partial charge is 0.251 e. The maximum Gasteiger partial charge on any atom is 0.251 e. The monoisotopic (exact) mass is 375 g/mol. The minimum atomic E-state index is -0.144. The van der Waals surface area contributed by atoms with Gasteiger partial charge in [0.25, 0.3) is 5.91 Å². The summed E-state index contributed by atoms with van der Waals surface area (Å²) in [6.07, 6.45) is 2.21. The SMILES string of the molecule is CC1CC(NC(=O)CCNC(=O)c2ccc3ccccc3c2)CCN1.Cl. The van der Waals surface area contributed by atoms with Crippen LogP contribution < -0.4 is 16.0 Å². The van der Waals surface area contributed by atoms with Gasteiger partial charge in [0.05, 0.1) is 0 Å². The molecule has 2 aromatic carbocycles. The zero-order valence-electron chi connectivity index (χ0n) is 15.0. The number of amides is 2. The molecule has 140 valence electrons. The van der Waals surface area contributed by atoms with E-state index in [1.807, 2.05) is 42.5 Å². The molecular weight excluding hydrogens is 350 g/mol. The van der Waals surface area contributed by atoms with E-state index in [9.17, 15) is 9.59 Å². The zero-order valence-corrected chi connectivity index (χ0v) is 15.8. The van der Waals surface area contributed by atoms with Gasteiger partial charge in [-0.3, -0.25) is 9.59 Å². The Balaban J connectivity index is 0.00000243. The number of halogens is 1. The molecule has 1 fully saturated rings. The van der Waals surface area contributed by atoms with Gasteiger partial charge >= 0.3 is 0 Å². The molecule has 2 unspecified atom stereocenters. The highest BCUT2D eigenvalue weighted by Gasteiger charge is 2.19. The van der Waals surface area contributed by atoms with Crippen LogP contribution in [-0.2, 0) is 4.79 Å². The van der Waals surface area contributed by atoms with Gasteiger partial charge in [0.2, 0.25) is 5.91 Å². The van der Waals surface area contributed by atoms with E-state index in [0.29, 0.717) is 24.6 Å². The normalized spacial score (nSPS) is 19.4. The summed E-state index contributed by atoms with van der Waals surface area (Å²) in [5.41, 5.74) is 0.617. The molecule has 0 aromatic heterocycles. The number of rotatable bonds is 5. The number of nitrogens with one attached hydrogen (secondary N) is 3. The van der Waals surface area contributed by atoms with E-state index in [1.54, 1.807) is 0 Å². The average molecular weight is 376 g/mol. The van der Waals surface area contributed by atoms with Crippen LogP contribution in [0.3, 0.4) is 0 Å². The Hall–Kier alpha value is -2.11. The van der Waals surface area contributed by atoms with Crippen molar-refractivity contribution in [2.75, 3.05) is 13.1 Å². The van der Waals surface area contributed by atoms with E-state index < -0.39 is 0 Å². The van der Waals surface area contributed by atoms with Gasteiger partial charge in [-0.15, -0.1) is 12.4 Å². The summed E-state index contributed by atoms with van der Waals surface area (Å²) in [4.78, 5) is 24.3. The van der Waals surface area contributed by atoms with Crippen LogP contribution in [0.2, 0.25) is 0 Å². The molecule has 3 N–H and O–H groups in total. The van der Waals surface area contributed by atoms with Crippen molar-refractivity contribution in [3.63, 3.8) is 0 Å². The maximum atomic E-state index is 12.3. The van der Waals surface area contributed by atoms with Crippen molar-refractivity contribution in [1.82, 2.24) is 16.0 Å². The highest BCUT2D eigenvalue weighted by atomic mass is 35.5. The Labute approximate surface area is 160 Å². The second-order valence-electron chi connectivity index (χ2n) is 6.71. The van der Waals surface area contributed by atoms with Gasteiger partial charge in [0.1, 0.15) is 0 Å². The number of hydrogen-bond acceptors (Lipinski definition) is 3. The lowest BCUT2D eigenvalue weighted by Crippen LogP contribution is -2.47. The predicted octanol–water partition coefficient (Wildman–Crippen LogP) is 2.64. The molecule has 1 saturated heterocycles. The molecule has 1 aliphatic heterocycles. The summed E-state index contributed by atoms with van der Waals surface area (Å²) >= 11 is 0. The van der Waals surface area contributed by atoms with E-state index in [2.05, 4.69) is 22.9 Å². The molecule has 1 heterocycles. The van der Waals surface area contributed by atoms with Gasteiger partial charge in [0, 0.05) is 30.6 Å². The predicted molar refractivity (Wildman–Crippen MR) is 107 cm³/mol. The molecular formula is C20H26ClN3O2. The lowest BCUT2D eigenvalue weighted by Gasteiger charge is -2.28. The van der Waals surface area contributed by atoms with Crippen molar-refractivity contribution in [3.8, 4) is 0 Å². The molecule has 26 heavy (non-hydrogen) atoms. The quantitative estimate of drug-likeness (QED) is 0.752. The third kappa shape index (κ3) is 5.44. The van der Waals surface area contributed by atoms with Crippen LogP contribution in [0.1, 0.15) is 36.5 Å². The van der Waals surface area contributed by atoms with Crippen LogP contribution in [0.4, 0.5) is 0 Å². The maximum absolute atomic E-state index is 12.3. The summed E-state index contributed by atoms with van der Waals surface area (Å²) in [6, 6.07) is 14.2. The lowest BCUT2D eigenvalue weighted by atomic mass is 10.0. The van der Waals surface area contributed by atoms with Crippen LogP contribution in [0, 0.1) is 0 Å². The van der Waals surface area contributed by atoms with E-state index >= 15 is 0 Å². The number of piperidine rings is 1. The molecule has 2 amide bonds. The van der Waals surface area contributed by atoms with Gasteiger partial charge in [-0.2, -0.15) is 0 Å². The first kappa shape index (κ1) is 20.2. The fourth-order valence-electron chi connectivity index (χ4n) is 3.29. The van der Waals surface area contributed by atoms with Crippen LogP contribution in [0.5, 0.6) is 0 Å². The molecule has 6 heteroatoms. The Morgan fingerprint density at radius 2 is 1.92 bits per heavy atom. The Morgan fingerprint density at radius 1 is 1.15 bits per heavy atom. The van der Waals surface area contributed by atoms with E-state index in [1.165, 1.54) is 0 Å². The van der Waals surface area contributed by atoms with Gasteiger partial charge in [-0.25, -0.2) is 0 Å². The first-order valence-electron chi connectivity index (χ1n) is 8.91. The van der Waals surface area contributed by atoms with Crippen molar-refractivity contribution in [2.45, 2.75) is 38.3 Å². The lowest BCUT2D eigenvalue weighted by molar-refractivity contribution is -0.121. The summed E-state index contributed by atoms with van der Waals surface area (Å²) in [6.45, 7) is 3.41. The van der Waals surface area contributed by atoms with E-state index in [-0.39, 0.29) is 30.3 Å². The Kier molecular flexibility index (Phi) is 7.42. The van der Waals surface area contributed by atoms with Crippen molar-refractivity contribution in [1.29, 1.82) is 0 Å².